The fraction of sp³-hybridized carbons (Fsp3) is 0.500. The van der Waals surface area contributed by atoms with Gasteiger partial charge in [0.2, 0.25) is 5.91 Å². The average molecular weight is 410 g/mol. The Kier molecular flexibility index (Phi) is 6.68. The lowest BCUT2D eigenvalue weighted by molar-refractivity contribution is -0.170. The Balaban J connectivity index is 0.00000261. The van der Waals surface area contributed by atoms with Gasteiger partial charge in [0, 0.05) is 28.9 Å². The standard InChI is InChI=1S/C20H27N3O2S.ClH/c1-5-25-16-11-20(21,19(16,3)4)18(24)22-12-15-13(2)23-17(26-15)14-9-7-6-8-10-14;/h6-10,16H,5,11-12,21H2,1-4H3,(H,22,24);1H. The number of rotatable bonds is 6. The number of aromatic nitrogens is 1. The van der Waals surface area contributed by atoms with Crippen LogP contribution in [0.3, 0.4) is 0 Å². The second-order valence-corrected chi connectivity index (χ2v) is 8.50. The quantitative estimate of drug-likeness (QED) is 0.762. The predicted molar refractivity (Wildman–Crippen MR) is 112 cm³/mol. The van der Waals surface area contributed by atoms with Crippen LogP contribution in [-0.4, -0.2) is 29.1 Å². The average Bonchev–Trinajstić information content (AvgIpc) is 3.01. The van der Waals surface area contributed by atoms with Crippen molar-refractivity contribution in [2.24, 2.45) is 11.1 Å². The topological polar surface area (TPSA) is 77.2 Å². The Labute approximate surface area is 171 Å². The highest BCUT2D eigenvalue weighted by Gasteiger charge is 2.62. The molecule has 1 fully saturated rings. The smallest absolute Gasteiger partial charge is 0.241 e. The van der Waals surface area contributed by atoms with Crippen molar-refractivity contribution >= 4 is 29.7 Å². The molecule has 1 heterocycles. The number of amides is 1. The van der Waals surface area contributed by atoms with E-state index < -0.39 is 5.54 Å². The largest absolute Gasteiger partial charge is 0.378 e. The highest BCUT2D eigenvalue weighted by molar-refractivity contribution is 7.15. The summed E-state index contributed by atoms with van der Waals surface area (Å²) in [7, 11) is 0. The van der Waals surface area contributed by atoms with E-state index in [-0.39, 0.29) is 29.8 Å². The number of nitrogens with two attached hydrogens (primary N) is 1. The zero-order valence-electron chi connectivity index (χ0n) is 16.2. The van der Waals surface area contributed by atoms with Gasteiger partial charge in [0.1, 0.15) is 10.5 Å². The van der Waals surface area contributed by atoms with Crippen LogP contribution >= 0.6 is 23.7 Å². The Morgan fingerprint density at radius 3 is 2.63 bits per heavy atom. The maximum absolute atomic E-state index is 12.8. The molecule has 0 radical (unpaired) electrons. The first-order valence-corrected chi connectivity index (χ1v) is 9.81. The number of benzene rings is 1. The number of nitrogens with one attached hydrogen (secondary N) is 1. The molecule has 1 amide bonds. The normalized spacial score (nSPS) is 23.2. The van der Waals surface area contributed by atoms with Crippen LogP contribution in [0.25, 0.3) is 10.6 Å². The van der Waals surface area contributed by atoms with E-state index in [9.17, 15) is 4.79 Å². The Morgan fingerprint density at radius 1 is 1.37 bits per heavy atom. The number of carbonyl (C=O) groups is 1. The van der Waals surface area contributed by atoms with E-state index in [0.29, 0.717) is 19.6 Å². The van der Waals surface area contributed by atoms with Crippen molar-refractivity contribution in [1.29, 1.82) is 0 Å². The summed E-state index contributed by atoms with van der Waals surface area (Å²) in [6.07, 6.45) is 0.578. The third kappa shape index (κ3) is 3.90. The number of carbonyl (C=O) groups excluding carboxylic acids is 1. The molecule has 1 aliphatic carbocycles. The summed E-state index contributed by atoms with van der Waals surface area (Å²) in [4.78, 5) is 18.5. The number of nitrogens with zero attached hydrogens (tertiary/aromatic N) is 1. The highest BCUT2D eigenvalue weighted by atomic mass is 35.5. The molecule has 0 aliphatic heterocycles. The van der Waals surface area contributed by atoms with E-state index >= 15 is 0 Å². The van der Waals surface area contributed by atoms with Crippen LogP contribution in [0.1, 0.15) is 37.8 Å². The summed E-state index contributed by atoms with van der Waals surface area (Å²) >= 11 is 1.61. The van der Waals surface area contributed by atoms with E-state index in [2.05, 4.69) is 10.3 Å². The molecule has 7 heteroatoms. The van der Waals surface area contributed by atoms with E-state index in [4.69, 9.17) is 10.5 Å². The minimum Gasteiger partial charge on any atom is -0.378 e. The number of thiazole rings is 1. The van der Waals surface area contributed by atoms with Crippen LogP contribution in [0.15, 0.2) is 30.3 Å². The van der Waals surface area contributed by atoms with Crippen molar-refractivity contribution in [2.75, 3.05) is 6.61 Å². The molecular formula is C20H28ClN3O2S. The van der Waals surface area contributed by atoms with Gasteiger partial charge in [-0.2, -0.15) is 0 Å². The Morgan fingerprint density at radius 2 is 2.04 bits per heavy atom. The Hall–Kier alpha value is -1.47. The second-order valence-electron chi connectivity index (χ2n) is 7.42. The van der Waals surface area contributed by atoms with Crippen molar-refractivity contribution in [3.63, 3.8) is 0 Å². The van der Waals surface area contributed by atoms with Crippen molar-refractivity contribution in [2.45, 2.75) is 52.3 Å². The van der Waals surface area contributed by atoms with Gasteiger partial charge < -0.3 is 15.8 Å². The first kappa shape index (κ1) is 21.8. The summed E-state index contributed by atoms with van der Waals surface area (Å²) in [5.74, 6) is -0.118. The van der Waals surface area contributed by atoms with Crippen molar-refractivity contribution in [3.05, 3.63) is 40.9 Å². The molecule has 1 aromatic carbocycles. The van der Waals surface area contributed by atoms with Gasteiger partial charge in [0.05, 0.1) is 18.3 Å². The van der Waals surface area contributed by atoms with Gasteiger partial charge in [-0.25, -0.2) is 4.98 Å². The molecule has 2 unspecified atom stereocenters. The number of halogens is 1. The van der Waals surface area contributed by atoms with Gasteiger partial charge in [-0.15, -0.1) is 23.7 Å². The first-order valence-electron chi connectivity index (χ1n) is 9.00. The fourth-order valence-corrected chi connectivity index (χ4v) is 4.44. The minimum absolute atomic E-state index is 0. The van der Waals surface area contributed by atoms with Gasteiger partial charge in [0.15, 0.2) is 0 Å². The monoisotopic (exact) mass is 409 g/mol. The molecule has 2 aromatic rings. The maximum atomic E-state index is 12.8. The molecule has 27 heavy (non-hydrogen) atoms. The van der Waals surface area contributed by atoms with Gasteiger partial charge in [0.25, 0.3) is 0 Å². The van der Waals surface area contributed by atoms with E-state index in [1.165, 1.54) is 0 Å². The van der Waals surface area contributed by atoms with Crippen molar-refractivity contribution in [3.8, 4) is 10.6 Å². The lowest BCUT2D eigenvalue weighted by atomic mass is 9.54. The fourth-order valence-electron chi connectivity index (χ4n) is 3.44. The molecule has 1 saturated carbocycles. The zero-order chi connectivity index (χ0) is 18.9. The second kappa shape index (κ2) is 8.27. The molecule has 0 bridgehead atoms. The van der Waals surface area contributed by atoms with Gasteiger partial charge in [-0.05, 0) is 13.8 Å². The van der Waals surface area contributed by atoms with E-state index in [1.807, 2.05) is 58.0 Å². The van der Waals surface area contributed by atoms with Crippen LogP contribution < -0.4 is 11.1 Å². The van der Waals surface area contributed by atoms with Gasteiger partial charge >= 0.3 is 0 Å². The molecule has 148 valence electrons. The molecule has 1 aromatic heterocycles. The molecule has 5 nitrogen and oxygen atoms in total. The third-order valence-corrected chi connectivity index (χ3v) is 6.76. The summed E-state index contributed by atoms with van der Waals surface area (Å²) in [6.45, 7) is 9.02. The predicted octanol–water partition coefficient (Wildman–Crippen LogP) is 3.69. The SMILES string of the molecule is CCOC1CC(N)(C(=O)NCc2sc(-c3ccccc3)nc2C)C1(C)C.Cl. The number of hydrogen-bond donors (Lipinski definition) is 2. The molecule has 0 saturated heterocycles. The van der Waals surface area contributed by atoms with E-state index in [0.717, 1.165) is 21.1 Å². The van der Waals surface area contributed by atoms with Crippen LogP contribution in [0, 0.1) is 12.3 Å². The zero-order valence-corrected chi connectivity index (χ0v) is 17.9. The summed E-state index contributed by atoms with van der Waals surface area (Å²) in [6, 6.07) is 10.1. The number of ether oxygens (including phenoxy) is 1. The lowest BCUT2D eigenvalue weighted by Crippen LogP contribution is -2.75. The van der Waals surface area contributed by atoms with Crippen molar-refractivity contribution in [1.82, 2.24) is 10.3 Å². The Bertz CT molecular complexity index is 794. The van der Waals surface area contributed by atoms with Gasteiger partial charge in [-0.1, -0.05) is 44.2 Å². The number of hydrogen-bond acceptors (Lipinski definition) is 5. The summed E-state index contributed by atoms with van der Waals surface area (Å²) in [5.41, 5.74) is 7.20. The molecule has 3 N–H and O–H groups in total. The first-order chi connectivity index (χ1) is 12.3. The third-order valence-electron chi connectivity index (χ3n) is 5.56. The van der Waals surface area contributed by atoms with E-state index in [1.54, 1.807) is 11.3 Å². The number of aryl methyl sites for hydroxylation is 1. The van der Waals surface area contributed by atoms with Crippen LogP contribution in [0.4, 0.5) is 0 Å². The molecule has 1 aliphatic rings. The molecule has 0 spiro atoms. The summed E-state index contributed by atoms with van der Waals surface area (Å²) < 4.78 is 5.70. The molecule has 3 rings (SSSR count). The maximum Gasteiger partial charge on any atom is 0.241 e. The minimum atomic E-state index is -0.895. The van der Waals surface area contributed by atoms with Crippen LogP contribution in [-0.2, 0) is 16.1 Å². The van der Waals surface area contributed by atoms with Crippen LogP contribution in [0.2, 0.25) is 0 Å². The lowest BCUT2D eigenvalue weighted by Gasteiger charge is -2.57. The van der Waals surface area contributed by atoms with Crippen LogP contribution in [0.5, 0.6) is 0 Å². The molecular weight excluding hydrogens is 382 g/mol. The highest BCUT2D eigenvalue weighted by Crippen LogP contribution is 2.49. The molecule has 2 atom stereocenters. The van der Waals surface area contributed by atoms with Gasteiger partial charge in [-0.3, -0.25) is 4.79 Å². The van der Waals surface area contributed by atoms with Crippen molar-refractivity contribution < 1.29 is 9.53 Å². The summed E-state index contributed by atoms with van der Waals surface area (Å²) in [5, 5.41) is 3.98.